The van der Waals surface area contributed by atoms with Gasteiger partial charge in [-0.3, -0.25) is 9.48 Å². The number of rotatable bonds is 10. The van der Waals surface area contributed by atoms with Crippen LogP contribution in [-0.2, 0) is 0 Å². The van der Waals surface area contributed by atoms with E-state index >= 15 is 0 Å². The van der Waals surface area contributed by atoms with Crippen LogP contribution in [-0.4, -0.2) is 9.36 Å². The standard InChI is InChI=1S/C18H34N2O/c1-6-8-10-12-15(3)19-17(5)14-18(21)20(19)16(4)13-11-9-7-2/h14-16H,6-13H2,1-5H3/t15-,16+/m1/s1. The zero-order valence-electron chi connectivity index (χ0n) is 14.7. The summed E-state index contributed by atoms with van der Waals surface area (Å²) in [7, 11) is 0. The molecule has 1 aromatic heterocycles. The molecule has 0 unspecified atom stereocenters. The molecule has 3 heteroatoms. The summed E-state index contributed by atoms with van der Waals surface area (Å²) in [5.41, 5.74) is 1.27. The van der Waals surface area contributed by atoms with E-state index in [1.54, 1.807) is 6.07 Å². The van der Waals surface area contributed by atoms with Crippen molar-refractivity contribution in [2.45, 2.75) is 98.1 Å². The summed E-state index contributed by atoms with van der Waals surface area (Å²) in [6, 6.07) is 2.51. The van der Waals surface area contributed by atoms with Gasteiger partial charge in [0.25, 0.3) is 5.56 Å². The van der Waals surface area contributed by atoms with E-state index in [0.717, 1.165) is 18.5 Å². The van der Waals surface area contributed by atoms with Crippen molar-refractivity contribution in [2.24, 2.45) is 0 Å². The molecule has 0 bridgehead atoms. The fourth-order valence-electron chi connectivity index (χ4n) is 3.20. The van der Waals surface area contributed by atoms with Crippen LogP contribution in [0.1, 0.15) is 96.8 Å². The molecular weight excluding hydrogens is 260 g/mol. The Morgan fingerprint density at radius 2 is 1.38 bits per heavy atom. The Kier molecular flexibility index (Phi) is 7.84. The van der Waals surface area contributed by atoms with Crippen LogP contribution in [0.25, 0.3) is 0 Å². The highest BCUT2D eigenvalue weighted by Gasteiger charge is 2.17. The van der Waals surface area contributed by atoms with Gasteiger partial charge in [-0.25, -0.2) is 4.68 Å². The van der Waals surface area contributed by atoms with E-state index in [1.165, 1.54) is 38.5 Å². The summed E-state index contributed by atoms with van der Waals surface area (Å²) in [6.45, 7) is 11.0. The largest absolute Gasteiger partial charge is 0.284 e. The van der Waals surface area contributed by atoms with Crippen molar-refractivity contribution in [2.75, 3.05) is 0 Å². The van der Waals surface area contributed by atoms with E-state index in [2.05, 4.69) is 39.3 Å². The van der Waals surface area contributed by atoms with Gasteiger partial charge in [-0.2, -0.15) is 0 Å². The summed E-state index contributed by atoms with van der Waals surface area (Å²) in [4.78, 5) is 12.3. The molecule has 0 fully saturated rings. The number of aryl methyl sites for hydroxylation is 1. The van der Waals surface area contributed by atoms with Crippen LogP contribution in [0, 0.1) is 6.92 Å². The third-order valence-electron chi connectivity index (χ3n) is 4.44. The second kappa shape index (κ2) is 9.11. The van der Waals surface area contributed by atoms with Crippen LogP contribution < -0.4 is 5.56 Å². The van der Waals surface area contributed by atoms with Gasteiger partial charge in [-0.1, -0.05) is 52.4 Å². The lowest BCUT2D eigenvalue weighted by Gasteiger charge is -2.24. The molecule has 0 aliphatic carbocycles. The third kappa shape index (κ3) is 5.05. The van der Waals surface area contributed by atoms with Crippen LogP contribution in [0.4, 0.5) is 0 Å². The Morgan fingerprint density at radius 3 is 1.86 bits per heavy atom. The fraction of sp³-hybridized carbons (Fsp3) is 0.833. The van der Waals surface area contributed by atoms with Gasteiger partial charge >= 0.3 is 0 Å². The zero-order chi connectivity index (χ0) is 15.8. The first-order valence-electron chi connectivity index (χ1n) is 8.83. The molecule has 21 heavy (non-hydrogen) atoms. The first-order valence-corrected chi connectivity index (χ1v) is 8.83. The predicted octanol–water partition coefficient (Wildman–Crippen LogP) is 5.24. The molecule has 0 amide bonds. The Bertz CT molecular complexity index is 458. The third-order valence-corrected chi connectivity index (χ3v) is 4.44. The van der Waals surface area contributed by atoms with Crippen molar-refractivity contribution in [1.29, 1.82) is 0 Å². The summed E-state index contributed by atoms with van der Waals surface area (Å²) < 4.78 is 4.25. The van der Waals surface area contributed by atoms with Gasteiger partial charge in [0.2, 0.25) is 0 Å². The van der Waals surface area contributed by atoms with Gasteiger partial charge < -0.3 is 0 Å². The van der Waals surface area contributed by atoms with Gasteiger partial charge in [0.15, 0.2) is 0 Å². The average molecular weight is 294 g/mol. The van der Waals surface area contributed by atoms with Crippen molar-refractivity contribution < 1.29 is 0 Å². The molecule has 0 saturated carbocycles. The molecule has 0 radical (unpaired) electrons. The molecule has 1 heterocycles. The second-order valence-electron chi connectivity index (χ2n) is 6.50. The number of hydrogen-bond donors (Lipinski definition) is 0. The lowest BCUT2D eigenvalue weighted by Crippen LogP contribution is -2.28. The SMILES string of the molecule is CCCCC[C@@H](C)n1c(C)cc(=O)n1[C@@H](C)CCCCC. The Hall–Kier alpha value is -0.990. The van der Waals surface area contributed by atoms with Gasteiger partial charge in [0.1, 0.15) is 0 Å². The summed E-state index contributed by atoms with van der Waals surface area (Å²) in [5, 5.41) is 0. The molecule has 0 aliphatic heterocycles. The second-order valence-corrected chi connectivity index (χ2v) is 6.50. The lowest BCUT2D eigenvalue weighted by atomic mass is 10.1. The highest BCUT2D eigenvalue weighted by molar-refractivity contribution is 5.02. The van der Waals surface area contributed by atoms with Gasteiger partial charge in [0.05, 0.1) is 6.04 Å². The highest BCUT2D eigenvalue weighted by Crippen LogP contribution is 2.21. The maximum absolute atomic E-state index is 12.3. The minimum atomic E-state index is 0.166. The Balaban J connectivity index is 2.85. The monoisotopic (exact) mass is 294 g/mol. The maximum atomic E-state index is 12.3. The van der Waals surface area contributed by atoms with Crippen LogP contribution >= 0.6 is 0 Å². The lowest BCUT2D eigenvalue weighted by molar-refractivity contribution is 0.301. The molecule has 1 rings (SSSR count). The quantitative estimate of drug-likeness (QED) is 0.542. The molecular formula is C18H34N2O. The number of unbranched alkanes of at least 4 members (excludes halogenated alkanes) is 4. The van der Waals surface area contributed by atoms with Crippen LogP contribution in [0.5, 0.6) is 0 Å². The topological polar surface area (TPSA) is 26.9 Å². The van der Waals surface area contributed by atoms with E-state index in [0.29, 0.717) is 12.1 Å². The minimum absolute atomic E-state index is 0.166. The van der Waals surface area contributed by atoms with Crippen molar-refractivity contribution >= 4 is 0 Å². The molecule has 0 aromatic carbocycles. The molecule has 0 N–H and O–H groups in total. The molecule has 2 atom stereocenters. The van der Waals surface area contributed by atoms with Crippen molar-refractivity contribution in [3.63, 3.8) is 0 Å². The highest BCUT2D eigenvalue weighted by atomic mass is 16.1. The molecule has 3 nitrogen and oxygen atoms in total. The zero-order valence-corrected chi connectivity index (χ0v) is 14.7. The summed E-state index contributed by atoms with van der Waals surface area (Å²) >= 11 is 0. The first-order chi connectivity index (χ1) is 10.0. The van der Waals surface area contributed by atoms with Crippen molar-refractivity contribution in [3.05, 3.63) is 22.1 Å². The van der Waals surface area contributed by atoms with E-state index in [1.807, 2.05) is 4.68 Å². The maximum Gasteiger partial charge on any atom is 0.267 e. The van der Waals surface area contributed by atoms with Crippen LogP contribution in [0.15, 0.2) is 10.9 Å². The number of aromatic nitrogens is 2. The molecule has 1 aromatic rings. The van der Waals surface area contributed by atoms with E-state index < -0.39 is 0 Å². The van der Waals surface area contributed by atoms with E-state index in [-0.39, 0.29) is 5.56 Å². The summed E-state index contributed by atoms with van der Waals surface area (Å²) in [5.74, 6) is 0. The fourth-order valence-corrected chi connectivity index (χ4v) is 3.20. The number of hydrogen-bond acceptors (Lipinski definition) is 1. The first kappa shape index (κ1) is 18.1. The molecule has 0 saturated heterocycles. The minimum Gasteiger partial charge on any atom is -0.284 e. The number of nitrogens with zero attached hydrogens (tertiary/aromatic N) is 2. The van der Waals surface area contributed by atoms with Gasteiger partial charge in [-0.15, -0.1) is 0 Å². The van der Waals surface area contributed by atoms with Gasteiger partial charge in [0, 0.05) is 17.8 Å². The smallest absolute Gasteiger partial charge is 0.267 e. The van der Waals surface area contributed by atoms with Crippen LogP contribution in [0.3, 0.4) is 0 Å². The van der Waals surface area contributed by atoms with Gasteiger partial charge in [-0.05, 0) is 33.6 Å². The Labute approximate surface area is 130 Å². The van der Waals surface area contributed by atoms with E-state index in [4.69, 9.17) is 0 Å². The average Bonchev–Trinajstić information content (AvgIpc) is 2.74. The molecule has 0 spiro atoms. The normalized spacial score (nSPS) is 14.3. The molecule has 0 aliphatic rings. The predicted molar refractivity (Wildman–Crippen MR) is 91.1 cm³/mol. The van der Waals surface area contributed by atoms with Crippen molar-refractivity contribution in [3.8, 4) is 0 Å². The van der Waals surface area contributed by atoms with E-state index in [9.17, 15) is 4.79 Å². The molecule has 122 valence electrons. The van der Waals surface area contributed by atoms with Crippen molar-refractivity contribution in [1.82, 2.24) is 9.36 Å². The Morgan fingerprint density at radius 1 is 0.905 bits per heavy atom. The van der Waals surface area contributed by atoms with Crippen LogP contribution in [0.2, 0.25) is 0 Å². The summed E-state index contributed by atoms with van der Waals surface area (Å²) in [6.07, 6.45) is 9.72.